The van der Waals surface area contributed by atoms with E-state index in [1.807, 2.05) is 41.7 Å². The number of amides is 1. The first-order chi connectivity index (χ1) is 16.9. The molecule has 1 unspecified atom stereocenters. The van der Waals surface area contributed by atoms with Crippen molar-refractivity contribution in [1.29, 1.82) is 5.26 Å². The van der Waals surface area contributed by atoms with Crippen LogP contribution in [0.4, 0.5) is 5.82 Å². The van der Waals surface area contributed by atoms with E-state index in [0.29, 0.717) is 25.2 Å². The van der Waals surface area contributed by atoms with Crippen LogP contribution in [-0.2, 0) is 11.3 Å². The van der Waals surface area contributed by atoms with E-state index in [1.165, 1.54) is 0 Å². The number of hydrogen-bond acceptors (Lipinski definition) is 7. The third kappa shape index (κ3) is 4.46. The van der Waals surface area contributed by atoms with Gasteiger partial charge in [-0.15, -0.1) is 0 Å². The molecule has 1 N–H and O–H groups in total. The largest absolute Gasteiger partial charge is 0.391 e. The van der Waals surface area contributed by atoms with Gasteiger partial charge in [0.25, 0.3) is 0 Å². The van der Waals surface area contributed by atoms with Gasteiger partial charge in [0, 0.05) is 73.9 Å². The maximum Gasteiger partial charge on any atom is 0.219 e. The van der Waals surface area contributed by atoms with E-state index >= 15 is 0 Å². The predicted molar refractivity (Wildman–Crippen MR) is 131 cm³/mol. The van der Waals surface area contributed by atoms with Crippen molar-refractivity contribution in [2.45, 2.75) is 26.5 Å². The fourth-order valence-corrected chi connectivity index (χ4v) is 4.45. The summed E-state index contributed by atoms with van der Waals surface area (Å²) in [6.45, 7) is 6.57. The van der Waals surface area contributed by atoms with Crippen molar-refractivity contribution in [1.82, 2.24) is 29.3 Å². The molecule has 1 aliphatic heterocycles. The van der Waals surface area contributed by atoms with Gasteiger partial charge in [-0.25, -0.2) is 9.50 Å². The summed E-state index contributed by atoms with van der Waals surface area (Å²) in [6, 6.07) is 8.23. The molecule has 0 aromatic carbocycles. The van der Waals surface area contributed by atoms with Crippen LogP contribution in [0.3, 0.4) is 0 Å². The van der Waals surface area contributed by atoms with Crippen molar-refractivity contribution in [3.05, 3.63) is 54.7 Å². The number of pyridine rings is 2. The van der Waals surface area contributed by atoms with E-state index in [2.05, 4.69) is 21.2 Å². The fourth-order valence-electron chi connectivity index (χ4n) is 4.45. The number of carbonyl (C=O) groups excluding carboxylic acids is 1. The molecule has 1 aliphatic rings. The van der Waals surface area contributed by atoms with Crippen LogP contribution in [0.15, 0.2) is 49.2 Å². The summed E-state index contributed by atoms with van der Waals surface area (Å²) in [4.78, 5) is 20.3. The van der Waals surface area contributed by atoms with Crippen LogP contribution in [0.25, 0.3) is 27.8 Å². The monoisotopic (exact) mass is 470 g/mol. The first-order valence-electron chi connectivity index (χ1n) is 11.5. The van der Waals surface area contributed by atoms with Crippen LogP contribution in [0.5, 0.6) is 0 Å². The van der Waals surface area contributed by atoms with E-state index in [0.717, 1.165) is 46.7 Å². The van der Waals surface area contributed by atoms with E-state index in [-0.39, 0.29) is 5.91 Å². The third-order valence-corrected chi connectivity index (χ3v) is 6.26. The van der Waals surface area contributed by atoms with Gasteiger partial charge in [-0.3, -0.25) is 9.48 Å². The number of aromatic nitrogens is 5. The molecule has 0 radical (unpaired) electrons. The number of hydrogen-bond donors (Lipinski definition) is 1. The van der Waals surface area contributed by atoms with Gasteiger partial charge in [-0.1, -0.05) is 0 Å². The Hall–Kier alpha value is -4.23. The summed E-state index contributed by atoms with van der Waals surface area (Å²) in [5.41, 5.74) is 4.70. The summed E-state index contributed by atoms with van der Waals surface area (Å²) in [6.07, 6.45) is 8.39. The fraction of sp³-hybridized carbons (Fsp3) is 0.320. The standard InChI is InChI=1S/C25H26N8O2/c1-17(34)14-32-15-22(13-28-32)20-9-23(25-21(10-26)12-29-33(25)16-20)19-3-4-24(27-11-19)31-7-5-30(6-8-31)18(2)35/h3-4,9,11-13,15-17,34H,5-8,14H2,1-2H3. The number of anilines is 1. The average molecular weight is 471 g/mol. The van der Waals surface area contributed by atoms with Crippen LogP contribution < -0.4 is 4.90 Å². The van der Waals surface area contributed by atoms with Crippen molar-refractivity contribution in [2.75, 3.05) is 31.1 Å². The highest BCUT2D eigenvalue weighted by atomic mass is 16.3. The Balaban J connectivity index is 1.49. The lowest BCUT2D eigenvalue weighted by Crippen LogP contribution is -2.48. The molecular weight excluding hydrogens is 444 g/mol. The second-order valence-electron chi connectivity index (χ2n) is 8.80. The second kappa shape index (κ2) is 9.19. The summed E-state index contributed by atoms with van der Waals surface area (Å²) >= 11 is 0. The molecule has 5 rings (SSSR count). The Morgan fingerprint density at radius 1 is 1.09 bits per heavy atom. The molecule has 0 aliphatic carbocycles. The molecule has 1 fully saturated rings. The van der Waals surface area contributed by atoms with Gasteiger partial charge in [0.15, 0.2) is 0 Å². The van der Waals surface area contributed by atoms with Crippen LogP contribution in [0, 0.1) is 11.3 Å². The lowest BCUT2D eigenvalue weighted by Gasteiger charge is -2.34. The molecule has 1 saturated heterocycles. The number of rotatable bonds is 5. The average Bonchev–Trinajstić information content (AvgIpc) is 3.50. The quantitative estimate of drug-likeness (QED) is 0.475. The first-order valence-corrected chi connectivity index (χ1v) is 11.5. The third-order valence-electron chi connectivity index (χ3n) is 6.26. The summed E-state index contributed by atoms with van der Waals surface area (Å²) < 4.78 is 3.42. The van der Waals surface area contributed by atoms with Crippen LogP contribution in [0.2, 0.25) is 0 Å². The zero-order valence-corrected chi connectivity index (χ0v) is 19.7. The molecule has 0 bridgehead atoms. The number of nitriles is 1. The Kier molecular flexibility index (Phi) is 5.93. The Morgan fingerprint density at radius 3 is 2.54 bits per heavy atom. The summed E-state index contributed by atoms with van der Waals surface area (Å²) in [5.74, 6) is 0.958. The number of aliphatic hydroxyl groups is 1. The summed E-state index contributed by atoms with van der Waals surface area (Å²) in [7, 11) is 0. The van der Waals surface area contributed by atoms with Crippen LogP contribution in [0.1, 0.15) is 19.4 Å². The molecule has 1 amide bonds. The molecule has 10 nitrogen and oxygen atoms in total. The Morgan fingerprint density at radius 2 is 1.89 bits per heavy atom. The molecule has 1 atom stereocenters. The first kappa shape index (κ1) is 22.6. The number of fused-ring (bicyclic) bond motifs is 1. The normalized spacial score (nSPS) is 14.8. The van der Waals surface area contributed by atoms with Crippen molar-refractivity contribution >= 4 is 17.2 Å². The molecule has 4 aromatic heterocycles. The molecule has 10 heteroatoms. The van der Waals surface area contributed by atoms with E-state index in [4.69, 9.17) is 4.98 Å². The maximum absolute atomic E-state index is 11.6. The molecule has 178 valence electrons. The minimum atomic E-state index is -0.500. The predicted octanol–water partition coefficient (Wildman–Crippen LogP) is 2.18. The van der Waals surface area contributed by atoms with E-state index in [9.17, 15) is 15.2 Å². The van der Waals surface area contributed by atoms with Crippen molar-refractivity contribution < 1.29 is 9.90 Å². The highest BCUT2D eigenvalue weighted by molar-refractivity contribution is 5.87. The van der Waals surface area contributed by atoms with Gasteiger partial charge >= 0.3 is 0 Å². The van der Waals surface area contributed by atoms with E-state index in [1.54, 1.807) is 35.4 Å². The SMILES string of the molecule is CC(=O)N1CCN(c2ccc(-c3cc(-c4cnn(CC(C)O)c4)cn4ncc(C#N)c34)cn2)CC1. The van der Waals surface area contributed by atoms with Crippen molar-refractivity contribution in [3.63, 3.8) is 0 Å². The van der Waals surface area contributed by atoms with Gasteiger partial charge in [-0.05, 0) is 25.1 Å². The van der Waals surface area contributed by atoms with Crippen molar-refractivity contribution in [3.8, 4) is 28.3 Å². The second-order valence-corrected chi connectivity index (χ2v) is 8.80. The van der Waals surface area contributed by atoms with Crippen LogP contribution in [-0.4, -0.2) is 72.6 Å². The topological polar surface area (TPSA) is 116 Å². The molecule has 5 heterocycles. The summed E-state index contributed by atoms with van der Waals surface area (Å²) in [5, 5.41) is 28.1. The van der Waals surface area contributed by atoms with Gasteiger partial charge in [0.1, 0.15) is 11.9 Å². The number of nitrogens with zero attached hydrogens (tertiary/aromatic N) is 8. The minimum absolute atomic E-state index is 0.0994. The molecular formula is C25H26N8O2. The zero-order valence-electron chi connectivity index (χ0n) is 19.7. The highest BCUT2D eigenvalue weighted by Crippen LogP contribution is 2.32. The number of aliphatic hydroxyl groups excluding tert-OH is 1. The van der Waals surface area contributed by atoms with Gasteiger partial charge in [-0.2, -0.15) is 15.5 Å². The maximum atomic E-state index is 11.6. The lowest BCUT2D eigenvalue weighted by atomic mass is 10.0. The van der Waals surface area contributed by atoms with E-state index < -0.39 is 6.10 Å². The highest BCUT2D eigenvalue weighted by Gasteiger charge is 2.20. The Bertz CT molecular complexity index is 1410. The zero-order chi connectivity index (χ0) is 24.5. The lowest BCUT2D eigenvalue weighted by molar-refractivity contribution is -0.129. The molecule has 0 saturated carbocycles. The van der Waals surface area contributed by atoms with Gasteiger partial charge in [0.2, 0.25) is 5.91 Å². The number of piperazine rings is 1. The molecule has 35 heavy (non-hydrogen) atoms. The minimum Gasteiger partial charge on any atom is -0.391 e. The number of carbonyl (C=O) groups is 1. The van der Waals surface area contributed by atoms with Crippen LogP contribution >= 0.6 is 0 Å². The molecule has 0 spiro atoms. The smallest absolute Gasteiger partial charge is 0.219 e. The Labute approximate surface area is 202 Å². The molecule has 4 aromatic rings. The van der Waals surface area contributed by atoms with Gasteiger partial charge < -0.3 is 14.9 Å². The van der Waals surface area contributed by atoms with Gasteiger partial charge in [0.05, 0.1) is 36.1 Å². The van der Waals surface area contributed by atoms with Crippen molar-refractivity contribution in [2.24, 2.45) is 0 Å².